The standard InChI is InChI=1S/C23H30O4/c1-13-7-20(26)16(9-18(13)24)22(3,4)11-15-12-23(5,6)17-10-19(25)14(2)8-21(17)27-15/h7-10,15,24-26H,11-12H2,1-6H3/t15-/m1/s1. The number of benzene rings is 2. The van der Waals surface area contributed by atoms with Crippen molar-refractivity contribution in [3.05, 3.63) is 46.5 Å². The van der Waals surface area contributed by atoms with Crippen LogP contribution in [0.4, 0.5) is 0 Å². The fourth-order valence-electron chi connectivity index (χ4n) is 4.21. The molecule has 146 valence electrons. The third-order valence-electron chi connectivity index (χ3n) is 5.84. The van der Waals surface area contributed by atoms with E-state index in [1.54, 1.807) is 19.1 Å². The van der Waals surface area contributed by atoms with Crippen LogP contribution in [0.5, 0.6) is 23.0 Å². The smallest absolute Gasteiger partial charge is 0.123 e. The molecule has 1 atom stereocenters. The highest BCUT2D eigenvalue weighted by atomic mass is 16.5. The quantitative estimate of drug-likeness (QED) is 0.648. The lowest BCUT2D eigenvalue weighted by Crippen LogP contribution is -2.38. The molecule has 3 N–H and O–H groups in total. The molecule has 1 aliphatic rings. The van der Waals surface area contributed by atoms with Crippen LogP contribution in [0, 0.1) is 13.8 Å². The molecular weight excluding hydrogens is 340 g/mol. The van der Waals surface area contributed by atoms with Gasteiger partial charge in [-0.15, -0.1) is 0 Å². The molecule has 0 saturated heterocycles. The molecular formula is C23H30O4. The Morgan fingerprint density at radius 2 is 1.56 bits per heavy atom. The van der Waals surface area contributed by atoms with E-state index in [0.717, 1.165) is 28.9 Å². The lowest BCUT2D eigenvalue weighted by molar-refractivity contribution is 0.106. The van der Waals surface area contributed by atoms with Gasteiger partial charge in [0.25, 0.3) is 0 Å². The largest absolute Gasteiger partial charge is 0.508 e. The van der Waals surface area contributed by atoms with Gasteiger partial charge in [-0.3, -0.25) is 0 Å². The van der Waals surface area contributed by atoms with Gasteiger partial charge in [0.05, 0.1) is 0 Å². The fraction of sp³-hybridized carbons (Fsp3) is 0.478. The molecule has 0 aromatic heterocycles. The Kier molecular flexibility index (Phi) is 4.57. The Morgan fingerprint density at radius 3 is 2.22 bits per heavy atom. The highest BCUT2D eigenvalue weighted by Crippen LogP contribution is 2.47. The van der Waals surface area contributed by atoms with Crippen molar-refractivity contribution >= 4 is 0 Å². The van der Waals surface area contributed by atoms with Gasteiger partial charge < -0.3 is 20.1 Å². The predicted molar refractivity (Wildman–Crippen MR) is 107 cm³/mol. The third kappa shape index (κ3) is 3.58. The van der Waals surface area contributed by atoms with Gasteiger partial charge in [0.15, 0.2) is 0 Å². The zero-order chi connectivity index (χ0) is 20.1. The van der Waals surface area contributed by atoms with Gasteiger partial charge in [0.1, 0.15) is 29.1 Å². The summed E-state index contributed by atoms with van der Waals surface area (Å²) in [7, 11) is 0. The fourth-order valence-corrected chi connectivity index (χ4v) is 4.21. The first kappa shape index (κ1) is 19.4. The first-order chi connectivity index (χ1) is 12.4. The van der Waals surface area contributed by atoms with Gasteiger partial charge >= 0.3 is 0 Å². The summed E-state index contributed by atoms with van der Waals surface area (Å²) in [4.78, 5) is 0. The molecule has 27 heavy (non-hydrogen) atoms. The molecule has 2 aromatic carbocycles. The number of aryl methyl sites for hydroxylation is 2. The number of rotatable bonds is 3. The van der Waals surface area contributed by atoms with E-state index in [4.69, 9.17) is 4.74 Å². The lowest BCUT2D eigenvalue weighted by atomic mass is 9.72. The summed E-state index contributed by atoms with van der Waals surface area (Å²) < 4.78 is 6.30. The number of aromatic hydroxyl groups is 3. The number of ether oxygens (including phenoxy) is 1. The van der Waals surface area contributed by atoms with Crippen molar-refractivity contribution in [1.29, 1.82) is 0 Å². The van der Waals surface area contributed by atoms with Crippen molar-refractivity contribution in [3.63, 3.8) is 0 Å². The second-order valence-electron chi connectivity index (χ2n) is 9.21. The minimum atomic E-state index is -0.376. The van der Waals surface area contributed by atoms with Gasteiger partial charge in [0, 0.05) is 11.1 Å². The van der Waals surface area contributed by atoms with Gasteiger partial charge in [-0.2, -0.15) is 0 Å². The van der Waals surface area contributed by atoms with Gasteiger partial charge in [-0.1, -0.05) is 27.7 Å². The summed E-state index contributed by atoms with van der Waals surface area (Å²) in [5, 5.41) is 30.6. The van der Waals surface area contributed by atoms with Crippen LogP contribution < -0.4 is 4.74 Å². The molecule has 0 aliphatic carbocycles. The van der Waals surface area contributed by atoms with Crippen LogP contribution in [0.3, 0.4) is 0 Å². The van der Waals surface area contributed by atoms with E-state index in [2.05, 4.69) is 27.7 Å². The first-order valence-corrected chi connectivity index (χ1v) is 9.44. The van der Waals surface area contributed by atoms with Crippen LogP contribution in [0.15, 0.2) is 24.3 Å². The van der Waals surface area contributed by atoms with E-state index in [0.29, 0.717) is 17.7 Å². The van der Waals surface area contributed by atoms with Gasteiger partial charge in [-0.05, 0) is 72.9 Å². The number of phenolic OH excluding ortho intramolecular Hbond substituents is 3. The zero-order valence-electron chi connectivity index (χ0n) is 17.1. The van der Waals surface area contributed by atoms with Crippen LogP contribution >= 0.6 is 0 Å². The molecule has 0 bridgehead atoms. The number of fused-ring (bicyclic) bond motifs is 1. The second-order valence-corrected chi connectivity index (χ2v) is 9.21. The molecule has 1 aliphatic heterocycles. The normalized spacial score (nSPS) is 18.7. The lowest BCUT2D eigenvalue weighted by Gasteiger charge is -2.41. The van der Waals surface area contributed by atoms with E-state index in [1.165, 1.54) is 0 Å². The Hall–Kier alpha value is -2.36. The number of hydrogen-bond acceptors (Lipinski definition) is 4. The van der Waals surface area contributed by atoms with Crippen molar-refractivity contribution in [3.8, 4) is 23.0 Å². The average Bonchev–Trinajstić information content (AvgIpc) is 2.52. The first-order valence-electron chi connectivity index (χ1n) is 9.44. The molecule has 0 spiro atoms. The van der Waals surface area contributed by atoms with Crippen LogP contribution in [0.2, 0.25) is 0 Å². The molecule has 1 heterocycles. The van der Waals surface area contributed by atoms with Crippen molar-refractivity contribution < 1.29 is 20.1 Å². The molecule has 0 amide bonds. The van der Waals surface area contributed by atoms with Crippen LogP contribution in [0.1, 0.15) is 62.8 Å². The van der Waals surface area contributed by atoms with E-state index < -0.39 is 0 Å². The molecule has 0 fully saturated rings. The van der Waals surface area contributed by atoms with Crippen molar-refractivity contribution in [2.24, 2.45) is 0 Å². The maximum absolute atomic E-state index is 10.4. The van der Waals surface area contributed by atoms with E-state index >= 15 is 0 Å². The summed E-state index contributed by atoms with van der Waals surface area (Å²) in [5.41, 5.74) is 2.70. The van der Waals surface area contributed by atoms with E-state index in [1.807, 2.05) is 19.1 Å². The van der Waals surface area contributed by atoms with Crippen LogP contribution in [-0.2, 0) is 10.8 Å². The summed E-state index contributed by atoms with van der Waals surface area (Å²) in [6, 6.07) is 6.99. The summed E-state index contributed by atoms with van der Waals surface area (Å²) in [5.74, 6) is 1.51. The van der Waals surface area contributed by atoms with Crippen LogP contribution in [-0.4, -0.2) is 21.4 Å². The third-order valence-corrected chi connectivity index (χ3v) is 5.84. The van der Waals surface area contributed by atoms with Gasteiger partial charge in [-0.25, -0.2) is 0 Å². The average molecular weight is 370 g/mol. The summed E-state index contributed by atoms with van der Waals surface area (Å²) >= 11 is 0. The van der Waals surface area contributed by atoms with Crippen molar-refractivity contribution in [1.82, 2.24) is 0 Å². The highest BCUT2D eigenvalue weighted by molar-refractivity contribution is 5.50. The summed E-state index contributed by atoms with van der Waals surface area (Å²) in [6.45, 7) is 12.1. The Balaban J connectivity index is 1.92. The second kappa shape index (κ2) is 6.36. The Morgan fingerprint density at radius 1 is 0.963 bits per heavy atom. The highest BCUT2D eigenvalue weighted by Gasteiger charge is 2.38. The molecule has 0 radical (unpaired) electrons. The summed E-state index contributed by atoms with van der Waals surface area (Å²) in [6.07, 6.45) is 1.48. The minimum absolute atomic E-state index is 0.0331. The monoisotopic (exact) mass is 370 g/mol. The van der Waals surface area contributed by atoms with Crippen LogP contribution in [0.25, 0.3) is 0 Å². The molecule has 0 unspecified atom stereocenters. The SMILES string of the molecule is Cc1cc(O)c(C(C)(C)C[C@@H]2CC(C)(C)c3cc(O)c(C)cc3O2)cc1O. The number of hydrogen-bond donors (Lipinski definition) is 3. The molecule has 4 nitrogen and oxygen atoms in total. The Bertz CT molecular complexity index is 880. The maximum atomic E-state index is 10.4. The predicted octanol–water partition coefficient (Wildman–Crippen LogP) is 5.22. The molecule has 4 heteroatoms. The maximum Gasteiger partial charge on any atom is 0.123 e. The minimum Gasteiger partial charge on any atom is -0.508 e. The van der Waals surface area contributed by atoms with E-state index in [9.17, 15) is 15.3 Å². The topological polar surface area (TPSA) is 69.9 Å². The number of phenols is 3. The molecule has 2 aromatic rings. The molecule has 3 rings (SSSR count). The zero-order valence-corrected chi connectivity index (χ0v) is 17.1. The molecule has 0 saturated carbocycles. The Labute approximate surface area is 161 Å². The van der Waals surface area contributed by atoms with Crippen molar-refractivity contribution in [2.75, 3.05) is 0 Å². The van der Waals surface area contributed by atoms with Gasteiger partial charge in [0.2, 0.25) is 0 Å². The van der Waals surface area contributed by atoms with E-state index in [-0.39, 0.29) is 28.4 Å². The van der Waals surface area contributed by atoms with Crippen molar-refractivity contribution in [2.45, 2.75) is 71.3 Å².